The van der Waals surface area contributed by atoms with Gasteiger partial charge in [-0.2, -0.15) is 0 Å². The molecule has 1 fully saturated rings. The Labute approximate surface area is 194 Å². The zero-order valence-electron chi connectivity index (χ0n) is 18.1. The van der Waals surface area contributed by atoms with Gasteiger partial charge in [0.15, 0.2) is 0 Å². The van der Waals surface area contributed by atoms with E-state index >= 15 is 0 Å². The summed E-state index contributed by atoms with van der Waals surface area (Å²) in [5.74, 6) is -0.624. The molecule has 0 spiro atoms. The Hall–Kier alpha value is -2.63. The molecule has 0 aliphatic carbocycles. The zero-order valence-corrected chi connectivity index (χ0v) is 18.9. The Bertz CT molecular complexity index is 958. The van der Waals surface area contributed by atoms with Crippen molar-refractivity contribution >= 4 is 23.5 Å². The molecule has 6 heteroatoms. The molecule has 1 aliphatic rings. The van der Waals surface area contributed by atoms with Gasteiger partial charge in [-0.1, -0.05) is 73.0 Å². The number of likely N-dealkylation sites (tertiary alicyclic amines) is 1. The molecule has 0 aromatic heterocycles. The SMILES string of the molecule is O=C(O)CCCCCCN1C(=O)CCC1C=C[C@@H](O)c1cccc(-c2ccccc2Cl)c1. The predicted molar refractivity (Wildman–Crippen MR) is 126 cm³/mol. The summed E-state index contributed by atoms with van der Waals surface area (Å²) in [6.07, 6.45) is 7.68. The molecule has 2 aromatic carbocycles. The third kappa shape index (κ3) is 6.68. The van der Waals surface area contributed by atoms with E-state index in [-0.39, 0.29) is 18.4 Å². The fraction of sp³-hybridized carbons (Fsp3) is 0.385. The van der Waals surface area contributed by atoms with Crippen LogP contribution in [0.1, 0.15) is 56.6 Å². The molecular formula is C26H30ClNO4. The number of hydrogen-bond acceptors (Lipinski definition) is 3. The summed E-state index contributed by atoms with van der Waals surface area (Å²) in [4.78, 5) is 24.7. The van der Waals surface area contributed by atoms with Gasteiger partial charge in [0.05, 0.1) is 12.1 Å². The number of carboxylic acid groups (broad SMARTS) is 1. The number of benzene rings is 2. The summed E-state index contributed by atoms with van der Waals surface area (Å²) in [6.45, 7) is 0.666. The number of carbonyl (C=O) groups excluding carboxylic acids is 1. The van der Waals surface area contributed by atoms with Gasteiger partial charge in [0.1, 0.15) is 0 Å². The highest BCUT2D eigenvalue weighted by molar-refractivity contribution is 6.33. The van der Waals surface area contributed by atoms with E-state index in [0.717, 1.165) is 42.4 Å². The smallest absolute Gasteiger partial charge is 0.303 e. The average molecular weight is 456 g/mol. The Balaban J connectivity index is 1.57. The van der Waals surface area contributed by atoms with Crippen molar-refractivity contribution in [3.05, 3.63) is 71.3 Å². The number of nitrogens with zero attached hydrogens (tertiary/aromatic N) is 1. The Morgan fingerprint density at radius 2 is 1.91 bits per heavy atom. The molecule has 0 bridgehead atoms. The van der Waals surface area contributed by atoms with Gasteiger partial charge in [0.2, 0.25) is 5.91 Å². The highest BCUT2D eigenvalue weighted by Crippen LogP contribution is 2.30. The second-order valence-corrected chi connectivity index (χ2v) is 8.59. The van der Waals surface area contributed by atoms with E-state index in [9.17, 15) is 14.7 Å². The third-order valence-corrected chi connectivity index (χ3v) is 6.17. The maximum absolute atomic E-state index is 12.3. The quantitative estimate of drug-likeness (QED) is 0.340. The van der Waals surface area contributed by atoms with E-state index in [4.69, 9.17) is 16.7 Å². The minimum atomic E-state index is -0.772. The number of aliphatic hydroxyl groups excluding tert-OH is 1. The van der Waals surface area contributed by atoms with E-state index in [1.165, 1.54) is 0 Å². The normalized spacial score (nSPS) is 17.2. The molecule has 1 heterocycles. The second kappa shape index (κ2) is 11.8. The highest BCUT2D eigenvalue weighted by Gasteiger charge is 2.28. The van der Waals surface area contributed by atoms with Crippen LogP contribution in [0.4, 0.5) is 0 Å². The molecule has 0 saturated carbocycles. The van der Waals surface area contributed by atoms with E-state index in [1.54, 1.807) is 6.08 Å². The lowest BCUT2D eigenvalue weighted by atomic mass is 10.00. The van der Waals surface area contributed by atoms with Crippen molar-refractivity contribution in [2.75, 3.05) is 6.54 Å². The topological polar surface area (TPSA) is 77.8 Å². The van der Waals surface area contributed by atoms with Gasteiger partial charge in [-0.05, 0) is 42.5 Å². The molecule has 1 saturated heterocycles. The van der Waals surface area contributed by atoms with Crippen LogP contribution in [0.5, 0.6) is 0 Å². The van der Waals surface area contributed by atoms with E-state index < -0.39 is 12.1 Å². The van der Waals surface area contributed by atoms with Crippen molar-refractivity contribution in [3.63, 3.8) is 0 Å². The Morgan fingerprint density at radius 3 is 2.69 bits per heavy atom. The Kier molecular flexibility index (Phi) is 8.89. The second-order valence-electron chi connectivity index (χ2n) is 8.19. The first kappa shape index (κ1) is 24.0. The molecule has 5 nitrogen and oxygen atoms in total. The lowest BCUT2D eigenvalue weighted by molar-refractivity contribution is -0.137. The molecule has 1 amide bonds. The number of unbranched alkanes of at least 4 members (excludes halogenated alkanes) is 3. The molecule has 32 heavy (non-hydrogen) atoms. The standard InChI is InChI=1S/C26H30ClNO4/c27-23-11-5-4-10-22(23)19-8-7-9-20(18-19)24(29)15-13-21-14-16-25(30)28(21)17-6-2-1-3-12-26(31)32/h4-5,7-11,13,15,18,21,24,29H,1-3,6,12,14,16-17H2,(H,31,32)/t21?,24-/m1/s1. The van der Waals surface area contributed by atoms with Crippen molar-refractivity contribution in [1.82, 2.24) is 4.90 Å². The Morgan fingerprint density at radius 1 is 1.12 bits per heavy atom. The molecule has 1 aliphatic heterocycles. The minimum Gasteiger partial charge on any atom is -0.481 e. The lowest BCUT2D eigenvalue weighted by Gasteiger charge is -2.22. The number of aliphatic hydroxyl groups is 1. The maximum atomic E-state index is 12.3. The minimum absolute atomic E-state index is 0.0112. The van der Waals surface area contributed by atoms with Crippen LogP contribution < -0.4 is 0 Å². The third-order valence-electron chi connectivity index (χ3n) is 5.84. The number of carboxylic acids is 1. The molecule has 170 valence electrons. The van der Waals surface area contributed by atoms with E-state index in [0.29, 0.717) is 24.4 Å². The molecule has 3 rings (SSSR count). The van der Waals surface area contributed by atoms with Crippen LogP contribution in [-0.2, 0) is 9.59 Å². The van der Waals surface area contributed by atoms with E-state index in [2.05, 4.69) is 0 Å². The van der Waals surface area contributed by atoms with Gasteiger partial charge in [-0.3, -0.25) is 9.59 Å². The largest absolute Gasteiger partial charge is 0.481 e. The fourth-order valence-corrected chi connectivity index (χ4v) is 4.33. The molecule has 2 aromatic rings. The zero-order chi connectivity index (χ0) is 22.9. The van der Waals surface area contributed by atoms with Gasteiger partial charge in [-0.15, -0.1) is 0 Å². The van der Waals surface area contributed by atoms with Crippen molar-refractivity contribution in [2.45, 2.75) is 57.1 Å². The van der Waals surface area contributed by atoms with Gasteiger partial charge in [0, 0.05) is 30.0 Å². The number of aliphatic carboxylic acids is 1. The number of carbonyl (C=O) groups is 2. The summed E-state index contributed by atoms with van der Waals surface area (Å²) >= 11 is 6.31. The van der Waals surface area contributed by atoms with Crippen molar-refractivity contribution in [3.8, 4) is 11.1 Å². The first-order valence-electron chi connectivity index (χ1n) is 11.2. The van der Waals surface area contributed by atoms with Crippen molar-refractivity contribution < 1.29 is 19.8 Å². The number of amides is 1. The van der Waals surface area contributed by atoms with Gasteiger partial charge in [-0.25, -0.2) is 0 Å². The van der Waals surface area contributed by atoms with Crippen LogP contribution in [0.15, 0.2) is 60.7 Å². The molecule has 2 atom stereocenters. The van der Waals surface area contributed by atoms with Crippen LogP contribution in [-0.4, -0.2) is 39.6 Å². The monoisotopic (exact) mass is 455 g/mol. The fourth-order valence-electron chi connectivity index (χ4n) is 4.09. The van der Waals surface area contributed by atoms with Gasteiger partial charge < -0.3 is 15.1 Å². The highest BCUT2D eigenvalue weighted by atomic mass is 35.5. The maximum Gasteiger partial charge on any atom is 0.303 e. The predicted octanol–water partition coefficient (Wildman–Crippen LogP) is 5.62. The molecule has 1 unspecified atom stereocenters. The summed E-state index contributed by atoms with van der Waals surface area (Å²) in [5.41, 5.74) is 2.64. The van der Waals surface area contributed by atoms with Crippen LogP contribution >= 0.6 is 11.6 Å². The number of hydrogen-bond donors (Lipinski definition) is 2. The first-order chi connectivity index (χ1) is 15.5. The number of halogens is 1. The summed E-state index contributed by atoms with van der Waals surface area (Å²) in [6, 6.07) is 15.3. The van der Waals surface area contributed by atoms with Crippen LogP contribution in [0, 0.1) is 0 Å². The van der Waals surface area contributed by atoms with Crippen LogP contribution in [0.3, 0.4) is 0 Å². The first-order valence-corrected chi connectivity index (χ1v) is 11.6. The van der Waals surface area contributed by atoms with Crippen LogP contribution in [0.2, 0.25) is 5.02 Å². The van der Waals surface area contributed by atoms with E-state index in [1.807, 2.05) is 59.5 Å². The summed E-state index contributed by atoms with van der Waals surface area (Å²) < 4.78 is 0. The summed E-state index contributed by atoms with van der Waals surface area (Å²) in [5, 5.41) is 20.1. The molecule has 0 radical (unpaired) electrons. The van der Waals surface area contributed by atoms with Gasteiger partial charge in [0.25, 0.3) is 0 Å². The van der Waals surface area contributed by atoms with Crippen LogP contribution in [0.25, 0.3) is 11.1 Å². The van der Waals surface area contributed by atoms with Crippen molar-refractivity contribution in [2.24, 2.45) is 0 Å². The van der Waals surface area contributed by atoms with Crippen molar-refractivity contribution in [1.29, 1.82) is 0 Å². The van der Waals surface area contributed by atoms with Gasteiger partial charge >= 0.3 is 5.97 Å². The number of rotatable bonds is 11. The average Bonchev–Trinajstić information content (AvgIpc) is 3.14. The lowest BCUT2D eigenvalue weighted by Crippen LogP contribution is -2.32. The molecule has 2 N–H and O–H groups in total. The summed E-state index contributed by atoms with van der Waals surface area (Å²) in [7, 11) is 0. The molecular weight excluding hydrogens is 426 g/mol.